The van der Waals surface area contributed by atoms with Crippen LogP contribution >= 0.6 is 0 Å². The van der Waals surface area contributed by atoms with Gasteiger partial charge in [0.1, 0.15) is 24.4 Å². The summed E-state index contributed by atoms with van der Waals surface area (Å²) >= 11 is 0. The predicted molar refractivity (Wildman–Crippen MR) is 63.1 cm³/mol. The van der Waals surface area contributed by atoms with Crippen molar-refractivity contribution in [3.8, 4) is 0 Å². The van der Waals surface area contributed by atoms with Crippen LogP contribution in [0, 0.1) is 0 Å². The monoisotopic (exact) mass is 258 g/mol. The molecule has 3 aliphatic heterocycles. The van der Waals surface area contributed by atoms with Gasteiger partial charge in [-0.25, -0.2) is 0 Å². The van der Waals surface area contributed by atoms with E-state index in [-0.39, 0.29) is 30.7 Å². The molecule has 5 nitrogen and oxygen atoms in total. The van der Waals surface area contributed by atoms with E-state index in [4.69, 9.17) is 23.7 Å². The van der Waals surface area contributed by atoms with Gasteiger partial charge in [0, 0.05) is 6.61 Å². The molecule has 0 bridgehead atoms. The van der Waals surface area contributed by atoms with Gasteiger partial charge in [-0.15, -0.1) is 0 Å². The molecule has 3 rings (SSSR count). The molecule has 0 aromatic heterocycles. The Morgan fingerprint density at radius 1 is 1.22 bits per heavy atom. The summed E-state index contributed by atoms with van der Waals surface area (Å²) in [4.78, 5) is 0. The molecule has 0 aromatic carbocycles. The van der Waals surface area contributed by atoms with Crippen LogP contribution in [0.4, 0.5) is 0 Å². The summed E-state index contributed by atoms with van der Waals surface area (Å²) in [6.07, 6.45) is 1.75. The van der Waals surface area contributed by atoms with Gasteiger partial charge in [0.05, 0.1) is 6.61 Å². The maximum Gasteiger partial charge on any atom is 0.190 e. The summed E-state index contributed by atoms with van der Waals surface area (Å²) in [6.45, 7) is 7.44. The molecule has 104 valence electrons. The van der Waals surface area contributed by atoms with Crippen LogP contribution in [0.1, 0.15) is 33.6 Å². The molecule has 2 unspecified atom stereocenters. The zero-order valence-electron chi connectivity index (χ0n) is 11.3. The van der Waals surface area contributed by atoms with Crippen molar-refractivity contribution in [1.29, 1.82) is 0 Å². The maximum absolute atomic E-state index is 5.95. The van der Waals surface area contributed by atoms with Crippen molar-refractivity contribution in [3.63, 3.8) is 0 Å². The molecule has 18 heavy (non-hydrogen) atoms. The van der Waals surface area contributed by atoms with Crippen LogP contribution in [0.2, 0.25) is 0 Å². The first kappa shape index (κ1) is 12.8. The molecular formula is C13H22O5. The van der Waals surface area contributed by atoms with Crippen LogP contribution < -0.4 is 0 Å². The van der Waals surface area contributed by atoms with Gasteiger partial charge in [-0.3, -0.25) is 0 Å². The molecule has 0 aliphatic carbocycles. The van der Waals surface area contributed by atoms with E-state index < -0.39 is 5.79 Å². The first-order valence-electron chi connectivity index (χ1n) is 6.85. The van der Waals surface area contributed by atoms with Crippen molar-refractivity contribution < 1.29 is 23.7 Å². The average Bonchev–Trinajstić information content (AvgIpc) is 3.02. The molecule has 5 heteroatoms. The number of rotatable bonds is 5. The van der Waals surface area contributed by atoms with Crippen LogP contribution in [0.25, 0.3) is 0 Å². The second-order valence-electron chi connectivity index (χ2n) is 5.63. The van der Waals surface area contributed by atoms with Crippen molar-refractivity contribution in [2.24, 2.45) is 0 Å². The van der Waals surface area contributed by atoms with Crippen LogP contribution in [-0.2, 0) is 23.7 Å². The molecule has 3 heterocycles. The van der Waals surface area contributed by atoms with Crippen molar-refractivity contribution >= 4 is 0 Å². The molecule has 5 atom stereocenters. The summed E-state index contributed by atoms with van der Waals surface area (Å²) in [6, 6.07) is 0. The largest absolute Gasteiger partial charge is 0.372 e. The highest BCUT2D eigenvalue weighted by Crippen LogP contribution is 2.41. The normalized spacial score (nSPS) is 45.2. The smallest absolute Gasteiger partial charge is 0.190 e. The molecule has 0 radical (unpaired) electrons. The lowest BCUT2D eigenvalue weighted by Crippen LogP contribution is -2.39. The molecule has 3 saturated heterocycles. The number of hydrogen-bond acceptors (Lipinski definition) is 5. The van der Waals surface area contributed by atoms with E-state index in [1.165, 1.54) is 0 Å². The maximum atomic E-state index is 5.95. The summed E-state index contributed by atoms with van der Waals surface area (Å²) in [5.41, 5.74) is 0. The zero-order chi connectivity index (χ0) is 12.8. The Balaban J connectivity index is 1.65. The Kier molecular flexibility index (Phi) is 3.36. The number of hydrogen-bond donors (Lipinski definition) is 0. The molecular weight excluding hydrogens is 236 g/mol. The number of ether oxygens (including phenoxy) is 5. The van der Waals surface area contributed by atoms with Gasteiger partial charge in [-0.1, -0.05) is 13.3 Å². The second-order valence-corrected chi connectivity index (χ2v) is 5.63. The number of fused-ring (bicyclic) bond motifs is 1. The Morgan fingerprint density at radius 3 is 2.67 bits per heavy atom. The molecule has 0 N–H and O–H groups in total. The highest BCUT2D eigenvalue weighted by atomic mass is 16.8. The Labute approximate surface area is 108 Å². The van der Waals surface area contributed by atoms with Crippen LogP contribution in [-0.4, -0.2) is 49.7 Å². The fourth-order valence-electron chi connectivity index (χ4n) is 2.60. The van der Waals surface area contributed by atoms with Crippen LogP contribution in [0.15, 0.2) is 0 Å². The lowest BCUT2D eigenvalue weighted by atomic mass is 10.1. The standard InChI is InChI=1S/C13H22O5/c1-4-5-6-14-10-9(8-7-15-8)16-12-11(10)17-13(2,3)18-12/h8-12H,4-7H2,1-3H3/t8?,9-,10?,11+,12-/m1/s1. The number of unbranched alkanes of at least 4 members (excludes halogenated alkanes) is 1. The Bertz CT molecular complexity index is 302. The third-order valence-electron chi connectivity index (χ3n) is 3.56. The van der Waals surface area contributed by atoms with Crippen LogP contribution in [0.5, 0.6) is 0 Å². The quantitative estimate of drug-likeness (QED) is 0.552. The van der Waals surface area contributed by atoms with Gasteiger partial charge in [0.15, 0.2) is 12.1 Å². The SMILES string of the molecule is CCCCOC1[C@@H](C2CO2)O[C@@H]2OC(C)(C)O[C@@H]12. The number of epoxide rings is 1. The minimum atomic E-state index is -0.586. The third-order valence-corrected chi connectivity index (χ3v) is 3.56. The fraction of sp³-hybridized carbons (Fsp3) is 1.00. The lowest BCUT2D eigenvalue weighted by Gasteiger charge is -2.25. The van der Waals surface area contributed by atoms with E-state index in [1.807, 2.05) is 13.8 Å². The average molecular weight is 258 g/mol. The fourth-order valence-corrected chi connectivity index (χ4v) is 2.60. The third kappa shape index (κ3) is 2.42. The summed E-state index contributed by atoms with van der Waals surface area (Å²) < 4.78 is 28.8. The topological polar surface area (TPSA) is 49.5 Å². The van der Waals surface area contributed by atoms with Crippen molar-refractivity contribution in [2.45, 2.75) is 70.1 Å². The van der Waals surface area contributed by atoms with E-state index in [0.29, 0.717) is 0 Å². The lowest BCUT2D eigenvalue weighted by molar-refractivity contribution is -0.220. The highest BCUT2D eigenvalue weighted by molar-refractivity contribution is 5.00. The minimum absolute atomic E-state index is 0.0482. The van der Waals surface area contributed by atoms with E-state index in [1.54, 1.807) is 0 Å². The highest BCUT2D eigenvalue weighted by Gasteiger charge is 2.59. The Morgan fingerprint density at radius 2 is 2.00 bits per heavy atom. The molecule has 0 spiro atoms. The van der Waals surface area contributed by atoms with E-state index >= 15 is 0 Å². The second kappa shape index (κ2) is 4.72. The first-order valence-corrected chi connectivity index (χ1v) is 6.85. The predicted octanol–water partition coefficient (Wildman–Crippen LogP) is 1.45. The van der Waals surface area contributed by atoms with Gasteiger partial charge in [-0.2, -0.15) is 0 Å². The van der Waals surface area contributed by atoms with Gasteiger partial charge < -0.3 is 23.7 Å². The van der Waals surface area contributed by atoms with E-state index in [2.05, 4.69) is 6.92 Å². The first-order chi connectivity index (χ1) is 8.61. The van der Waals surface area contributed by atoms with Gasteiger partial charge in [-0.05, 0) is 20.3 Å². The minimum Gasteiger partial charge on any atom is -0.372 e. The molecule has 3 aliphatic rings. The van der Waals surface area contributed by atoms with Gasteiger partial charge in [0.2, 0.25) is 0 Å². The van der Waals surface area contributed by atoms with E-state index in [0.717, 1.165) is 26.1 Å². The molecule has 0 saturated carbocycles. The summed E-state index contributed by atoms with van der Waals surface area (Å²) in [5, 5.41) is 0. The van der Waals surface area contributed by atoms with Gasteiger partial charge >= 0.3 is 0 Å². The van der Waals surface area contributed by atoms with Crippen molar-refractivity contribution in [1.82, 2.24) is 0 Å². The van der Waals surface area contributed by atoms with E-state index in [9.17, 15) is 0 Å². The molecule has 0 aromatic rings. The van der Waals surface area contributed by atoms with Gasteiger partial charge in [0.25, 0.3) is 0 Å². The summed E-state index contributed by atoms with van der Waals surface area (Å²) in [5.74, 6) is -0.586. The Hall–Kier alpha value is -0.200. The molecule has 0 amide bonds. The summed E-state index contributed by atoms with van der Waals surface area (Å²) in [7, 11) is 0. The van der Waals surface area contributed by atoms with Crippen molar-refractivity contribution in [2.75, 3.05) is 13.2 Å². The van der Waals surface area contributed by atoms with Crippen molar-refractivity contribution in [3.05, 3.63) is 0 Å². The molecule has 3 fully saturated rings. The van der Waals surface area contributed by atoms with Crippen LogP contribution in [0.3, 0.4) is 0 Å². The zero-order valence-corrected chi connectivity index (χ0v) is 11.3.